The van der Waals surface area contributed by atoms with Crippen LogP contribution in [0.4, 0.5) is 17.1 Å². The molecule has 0 fully saturated rings. The number of carbonyl (C=O) groups is 2. The molecule has 0 aliphatic carbocycles. The van der Waals surface area contributed by atoms with E-state index in [1.165, 1.54) is 0 Å². The molecular weight excluding hydrogens is 410 g/mol. The number of nitrogens with two attached hydrogens (primary N) is 1. The maximum Gasteiger partial charge on any atom is 0.255 e. The van der Waals surface area contributed by atoms with E-state index in [0.29, 0.717) is 29.0 Å². The largest absolute Gasteiger partial charge is 0.397 e. The van der Waals surface area contributed by atoms with Crippen LogP contribution in [0, 0.1) is 0 Å². The monoisotopic (exact) mass is 437 g/mol. The van der Waals surface area contributed by atoms with Gasteiger partial charge in [0.2, 0.25) is 5.91 Å². The van der Waals surface area contributed by atoms with Gasteiger partial charge < -0.3 is 16.4 Å². The van der Waals surface area contributed by atoms with E-state index in [2.05, 4.69) is 30.3 Å². The topological polar surface area (TPSA) is 84.2 Å². The lowest BCUT2D eigenvalue weighted by atomic mass is 10.1. The number of hydrogen-bond acceptors (Lipinski definition) is 4. The van der Waals surface area contributed by atoms with E-state index in [4.69, 9.17) is 5.73 Å². The Bertz CT molecular complexity index is 1030. The van der Waals surface area contributed by atoms with E-state index in [1.807, 2.05) is 29.6 Å². The van der Waals surface area contributed by atoms with Crippen LogP contribution in [0.1, 0.15) is 16.8 Å². The number of thiophene rings is 1. The summed E-state index contributed by atoms with van der Waals surface area (Å²) in [5.74, 6) is -0.241. The lowest BCUT2D eigenvalue weighted by Crippen LogP contribution is -2.22. The van der Waals surface area contributed by atoms with Crippen LogP contribution < -0.4 is 16.4 Å². The third-order valence-electron chi connectivity index (χ3n) is 4.64. The fourth-order valence-corrected chi connectivity index (χ4v) is 4.57. The van der Waals surface area contributed by atoms with Gasteiger partial charge in [-0.25, -0.2) is 0 Å². The first kappa shape index (κ1) is 21.8. The Morgan fingerprint density at radius 3 is 2.37 bits per heavy atom. The molecule has 0 spiro atoms. The molecule has 3 aromatic rings. The lowest BCUT2D eigenvalue weighted by molar-refractivity contribution is -0.115. The number of nitrogen functional groups attached to an aromatic ring is 1. The van der Waals surface area contributed by atoms with Crippen LogP contribution in [0.15, 0.2) is 60.0 Å². The van der Waals surface area contributed by atoms with Gasteiger partial charge in [0.25, 0.3) is 5.91 Å². The molecule has 156 valence electrons. The highest BCUT2D eigenvalue weighted by atomic mass is 32.1. The molecule has 1 heterocycles. The van der Waals surface area contributed by atoms with E-state index in [1.54, 1.807) is 41.7 Å². The van der Waals surface area contributed by atoms with Gasteiger partial charge >= 0.3 is 0 Å². The van der Waals surface area contributed by atoms with Crippen LogP contribution >= 0.6 is 11.3 Å². The fourth-order valence-electron chi connectivity index (χ4n) is 2.87. The summed E-state index contributed by atoms with van der Waals surface area (Å²) in [5, 5.41) is 7.79. The van der Waals surface area contributed by atoms with Crippen LogP contribution in [0.25, 0.3) is 10.4 Å². The van der Waals surface area contributed by atoms with Crippen molar-refractivity contribution in [2.24, 2.45) is 0 Å². The summed E-state index contributed by atoms with van der Waals surface area (Å²) < 4.78 is 0. The predicted molar refractivity (Wildman–Crippen MR) is 130 cm³/mol. The average molecular weight is 438 g/mol. The summed E-state index contributed by atoms with van der Waals surface area (Å²) in [6.45, 7) is 6.74. The van der Waals surface area contributed by atoms with Gasteiger partial charge in [-0.05, 0) is 59.5 Å². The summed E-state index contributed by atoms with van der Waals surface area (Å²) in [7, 11) is -1.25. The third kappa shape index (κ3) is 6.05. The van der Waals surface area contributed by atoms with E-state index in [9.17, 15) is 9.59 Å². The molecule has 0 bridgehead atoms. The molecule has 0 atom stereocenters. The lowest BCUT2D eigenvalue weighted by Gasteiger charge is -2.15. The second-order valence-electron chi connectivity index (χ2n) is 8.42. The van der Waals surface area contributed by atoms with Crippen molar-refractivity contribution in [2.75, 3.05) is 16.4 Å². The minimum absolute atomic E-state index is 0.00721. The van der Waals surface area contributed by atoms with Crippen LogP contribution in [0.2, 0.25) is 25.7 Å². The second kappa shape index (κ2) is 9.28. The summed E-state index contributed by atoms with van der Waals surface area (Å²) in [6, 6.07) is 17.5. The van der Waals surface area contributed by atoms with Crippen molar-refractivity contribution < 1.29 is 9.59 Å². The Morgan fingerprint density at radius 1 is 1.00 bits per heavy atom. The van der Waals surface area contributed by atoms with Gasteiger partial charge in [-0.15, -0.1) is 11.3 Å². The number of amides is 2. The molecule has 0 radical (unpaired) electrons. The van der Waals surface area contributed by atoms with Crippen LogP contribution in [0.5, 0.6) is 0 Å². The molecule has 3 rings (SSSR count). The number of hydrogen-bond donors (Lipinski definition) is 3. The molecule has 1 aromatic heterocycles. The van der Waals surface area contributed by atoms with E-state index >= 15 is 0 Å². The van der Waals surface area contributed by atoms with Crippen molar-refractivity contribution in [3.05, 3.63) is 65.5 Å². The molecule has 0 unspecified atom stereocenters. The molecule has 2 amide bonds. The van der Waals surface area contributed by atoms with Crippen molar-refractivity contribution >= 4 is 48.3 Å². The molecular formula is C23H27N3O2SSi. The zero-order chi connectivity index (χ0) is 21.7. The normalized spacial score (nSPS) is 11.2. The minimum atomic E-state index is -1.25. The predicted octanol–water partition coefficient (Wildman–Crippen LogP) is 5.92. The molecule has 0 aliphatic rings. The molecule has 30 heavy (non-hydrogen) atoms. The van der Waals surface area contributed by atoms with Crippen molar-refractivity contribution in [3.63, 3.8) is 0 Å². The number of benzene rings is 2. The van der Waals surface area contributed by atoms with Crippen molar-refractivity contribution in [3.8, 4) is 10.4 Å². The zero-order valence-electron chi connectivity index (χ0n) is 17.5. The summed E-state index contributed by atoms with van der Waals surface area (Å²) >= 11 is 1.63. The first-order valence-electron chi connectivity index (χ1n) is 9.86. The summed E-state index contributed by atoms with van der Waals surface area (Å²) in [6.07, 6.45) is 0.526. The van der Waals surface area contributed by atoms with E-state index < -0.39 is 8.07 Å². The zero-order valence-corrected chi connectivity index (χ0v) is 19.3. The molecule has 0 saturated heterocycles. The number of nitrogens with one attached hydrogen (secondary N) is 2. The Kier molecular flexibility index (Phi) is 6.74. The van der Waals surface area contributed by atoms with Gasteiger partial charge in [0.05, 0.1) is 11.4 Å². The minimum Gasteiger partial charge on any atom is -0.397 e. The Balaban J connectivity index is 1.64. The molecule has 4 N–H and O–H groups in total. The van der Waals surface area contributed by atoms with Crippen molar-refractivity contribution in [1.82, 2.24) is 0 Å². The quantitative estimate of drug-likeness (QED) is 0.317. The molecule has 2 aromatic carbocycles. The molecule has 7 heteroatoms. The summed E-state index contributed by atoms with van der Waals surface area (Å²) in [4.78, 5) is 25.9. The Morgan fingerprint density at radius 2 is 1.73 bits per heavy atom. The average Bonchev–Trinajstić information content (AvgIpc) is 3.23. The maximum atomic E-state index is 12.7. The van der Waals surface area contributed by atoms with E-state index in [0.717, 1.165) is 16.5 Å². The van der Waals surface area contributed by atoms with Gasteiger partial charge in [0.15, 0.2) is 0 Å². The van der Waals surface area contributed by atoms with Gasteiger partial charge in [-0.1, -0.05) is 31.8 Å². The smallest absolute Gasteiger partial charge is 0.255 e. The Hall–Kier alpha value is -2.90. The number of anilines is 3. The van der Waals surface area contributed by atoms with Gasteiger partial charge in [0.1, 0.15) is 0 Å². The van der Waals surface area contributed by atoms with Gasteiger partial charge in [0, 0.05) is 30.6 Å². The molecule has 5 nitrogen and oxygen atoms in total. The first-order valence-corrected chi connectivity index (χ1v) is 14.4. The second-order valence-corrected chi connectivity index (χ2v) is 15.0. The number of carbonyl (C=O) groups excluding carboxylic acids is 2. The van der Waals surface area contributed by atoms with E-state index in [-0.39, 0.29) is 11.8 Å². The Labute approximate surface area is 182 Å². The van der Waals surface area contributed by atoms with Crippen molar-refractivity contribution in [1.29, 1.82) is 0 Å². The van der Waals surface area contributed by atoms with Gasteiger partial charge in [-0.2, -0.15) is 0 Å². The number of rotatable bonds is 7. The van der Waals surface area contributed by atoms with Crippen molar-refractivity contribution in [2.45, 2.75) is 32.1 Å². The first-order chi connectivity index (χ1) is 14.2. The highest BCUT2D eigenvalue weighted by molar-refractivity contribution is 7.13. The molecule has 0 saturated carbocycles. The summed E-state index contributed by atoms with van der Waals surface area (Å²) in [5.41, 5.74) is 9.33. The van der Waals surface area contributed by atoms with Crippen LogP contribution in [-0.4, -0.2) is 19.9 Å². The van der Waals surface area contributed by atoms with Crippen LogP contribution in [-0.2, 0) is 4.79 Å². The third-order valence-corrected chi connectivity index (χ3v) is 7.31. The van der Waals surface area contributed by atoms with Crippen LogP contribution in [0.3, 0.4) is 0 Å². The standard InChI is InChI=1S/C23H27N3O2SSi/c1-30(2,3)14-12-22(27)25-18-9-6-16(7-10-18)23(28)26-20-15-17(8-11-19(20)24)21-5-4-13-29-21/h4-11,13,15H,12,14,24H2,1-3H3,(H,25,27)(H,26,28). The van der Waals surface area contributed by atoms with Gasteiger partial charge in [-0.3, -0.25) is 9.59 Å². The molecule has 0 aliphatic heterocycles. The maximum absolute atomic E-state index is 12.7. The highest BCUT2D eigenvalue weighted by Gasteiger charge is 2.15. The fraction of sp³-hybridized carbons (Fsp3) is 0.217. The SMILES string of the molecule is C[Si](C)(C)CCC(=O)Nc1ccc(C(=O)Nc2cc(-c3cccs3)ccc2N)cc1. The highest BCUT2D eigenvalue weighted by Crippen LogP contribution is 2.30.